The molecule has 4 aliphatic rings. The number of nitrogen functional groups attached to an aromatic ring is 2. The molecule has 0 aliphatic heterocycles. The Morgan fingerprint density at radius 3 is 2.29 bits per heavy atom. The van der Waals surface area contributed by atoms with E-state index in [1.54, 1.807) is 5.57 Å². The minimum atomic E-state index is 0.0615. The van der Waals surface area contributed by atoms with Gasteiger partial charge in [-0.05, 0) is 142 Å². The van der Waals surface area contributed by atoms with Gasteiger partial charge in [0.1, 0.15) is 0 Å². The maximum atomic E-state index is 6.68. The minimum Gasteiger partial charge on any atom is -0.399 e. The zero-order valence-electron chi connectivity index (χ0n) is 27.6. The number of fused-ring (bicyclic) bond motifs is 5. The summed E-state index contributed by atoms with van der Waals surface area (Å²) in [6.07, 6.45) is 18.2. The third-order valence-corrected chi connectivity index (χ3v) is 13.4. The van der Waals surface area contributed by atoms with Gasteiger partial charge in [0.05, 0.1) is 12.7 Å². The molecule has 4 N–H and O–H groups in total. The monoisotopic (exact) mass is 560 g/mol. The molecule has 4 aliphatic carbocycles. The molecule has 3 heteroatoms. The standard InChI is InChI=1S/C38H60N2O/c1-25(2)10-9-11-26(3)30-14-19-38(8)32-12-13-33-35(4,5)34(41-21-17-27-22-28(39)24-29(40)23-27)16-18-36(33,6)31(32)15-20-37(30,38)7/h10,13,22-24,26,30-32,34H,9,11-12,14-21,39-40H2,1-8H3. The summed E-state index contributed by atoms with van der Waals surface area (Å²) in [4.78, 5) is 0. The average Bonchev–Trinajstić information content (AvgIpc) is 3.16. The van der Waals surface area contributed by atoms with Crippen LogP contribution in [0.3, 0.4) is 0 Å². The molecule has 0 heterocycles. The lowest BCUT2D eigenvalue weighted by molar-refractivity contribution is -0.130. The highest BCUT2D eigenvalue weighted by atomic mass is 16.5. The smallest absolute Gasteiger partial charge is 0.0663 e. The summed E-state index contributed by atoms with van der Waals surface area (Å²) in [5.74, 6) is 3.30. The van der Waals surface area contributed by atoms with E-state index in [4.69, 9.17) is 16.2 Å². The van der Waals surface area contributed by atoms with E-state index in [-0.39, 0.29) is 11.5 Å². The zero-order valence-corrected chi connectivity index (χ0v) is 27.6. The highest BCUT2D eigenvalue weighted by Crippen LogP contribution is 2.73. The minimum absolute atomic E-state index is 0.0615. The fourth-order valence-electron chi connectivity index (χ4n) is 11.1. The summed E-state index contributed by atoms with van der Waals surface area (Å²) in [6.45, 7) is 20.8. The van der Waals surface area contributed by atoms with Gasteiger partial charge in [0.15, 0.2) is 0 Å². The number of rotatable bonds is 8. The molecule has 3 nitrogen and oxygen atoms in total. The lowest BCUT2D eigenvalue weighted by Gasteiger charge is -2.65. The van der Waals surface area contributed by atoms with Gasteiger partial charge in [-0.3, -0.25) is 0 Å². The Bertz CT molecular complexity index is 1160. The molecule has 0 aromatic heterocycles. The van der Waals surface area contributed by atoms with Crippen molar-refractivity contribution < 1.29 is 4.74 Å². The van der Waals surface area contributed by atoms with Crippen molar-refractivity contribution in [3.05, 3.63) is 47.1 Å². The molecule has 8 atom stereocenters. The fourth-order valence-corrected chi connectivity index (χ4v) is 11.1. The second-order valence-corrected chi connectivity index (χ2v) is 16.2. The molecule has 0 spiro atoms. The molecule has 228 valence electrons. The van der Waals surface area contributed by atoms with E-state index in [1.807, 2.05) is 18.2 Å². The highest BCUT2D eigenvalue weighted by Gasteiger charge is 2.66. The SMILES string of the molecule is CC(C)=CCCC(C)C1CCC2(C)C3CC=C4C(C)(C)C(OCCc5cc(N)cc(N)c5)CCC4(C)C3CCC12C. The van der Waals surface area contributed by atoms with Crippen LogP contribution in [0.5, 0.6) is 0 Å². The van der Waals surface area contributed by atoms with Crippen molar-refractivity contribution in [2.45, 2.75) is 126 Å². The maximum Gasteiger partial charge on any atom is 0.0663 e. The second kappa shape index (κ2) is 11.1. The molecule has 3 fully saturated rings. The number of hydrogen-bond acceptors (Lipinski definition) is 3. The van der Waals surface area contributed by atoms with Gasteiger partial charge in [0, 0.05) is 16.8 Å². The molecule has 1 aromatic rings. The van der Waals surface area contributed by atoms with Crippen molar-refractivity contribution in [3.8, 4) is 0 Å². The van der Waals surface area contributed by atoms with Gasteiger partial charge in [-0.25, -0.2) is 0 Å². The van der Waals surface area contributed by atoms with Crippen LogP contribution in [-0.2, 0) is 11.2 Å². The van der Waals surface area contributed by atoms with Gasteiger partial charge < -0.3 is 16.2 Å². The Morgan fingerprint density at radius 1 is 0.927 bits per heavy atom. The van der Waals surface area contributed by atoms with Crippen LogP contribution in [0.15, 0.2) is 41.5 Å². The summed E-state index contributed by atoms with van der Waals surface area (Å²) >= 11 is 0. The Kier molecular flexibility index (Phi) is 8.29. The van der Waals surface area contributed by atoms with Crippen molar-refractivity contribution in [1.82, 2.24) is 0 Å². The normalized spacial score (nSPS) is 38.3. The first-order valence-corrected chi connectivity index (χ1v) is 16.8. The predicted octanol–water partition coefficient (Wildman–Crippen LogP) is 9.77. The van der Waals surface area contributed by atoms with Gasteiger partial charge in [-0.15, -0.1) is 0 Å². The lowest BCUT2D eigenvalue weighted by atomic mass is 9.40. The first-order chi connectivity index (χ1) is 19.2. The fraction of sp³-hybridized carbons (Fsp3) is 0.737. The summed E-state index contributed by atoms with van der Waals surface area (Å²) in [7, 11) is 0. The quantitative estimate of drug-likeness (QED) is 0.246. The summed E-state index contributed by atoms with van der Waals surface area (Å²) in [5, 5.41) is 0. The Morgan fingerprint density at radius 2 is 1.61 bits per heavy atom. The Hall–Kier alpha value is -1.74. The molecule has 5 rings (SSSR count). The third-order valence-electron chi connectivity index (χ3n) is 13.4. The number of hydrogen-bond donors (Lipinski definition) is 2. The molecule has 8 unspecified atom stereocenters. The van der Waals surface area contributed by atoms with Gasteiger partial charge in [-0.1, -0.05) is 64.8 Å². The number of allylic oxidation sites excluding steroid dienone is 3. The summed E-state index contributed by atoms with van der Waals surface area (Å²) < 4.78 is 6.68. The average molecular weight is 561 g/mol. The highest BCUT2D eigenvalue weighted by molar-refractivity contribution is 5.54. The van der Waals surface area contributed by atoms with Crippen LogP contribution < -0.4 is 11.5 Å². The number of ether oxygens (including phenoxy) is 1. The molecular weight excluding hydrogens is 500 g/mol. The first kappa shape index (κ1) is 30.7. The largest absolute Gasteiger partial charge is 0.399 e. The maximum absolute atomic E-state index is 6.68. The van der Waals surface area contributed by atoms with E-state index >= 15 is 0 Å². The molecular formula is C38H60N2O. The van der Waals surface area contributed by atoms with Crippen LogP contribution in [0.2, 0.25) is 0 Å². The van der Waals surface area contributed by atoms with Crippen molar-refractivity contribution in [2.75, 3.05) is 18.1 Å². The van der Waals surface area contributed by atoms with Gasteiger partial charge in [0.2, 0.25) is 0 Å². The van der Waals surface area contributed by atoms with Gasteiger partial charge >= 0.3 is 0 Å². The number of benzene rings is 1. The van der Waals surface area contributed by atoms with E-state index in [0.29, 0.717) is 16.2 Å². The van der Waals surface area contributed by atoms with Gasteiger partial charge in [-0.2, -0.15) is 0 Å². The summed E-state index contributed by atoms with van der Waals surface area (Å²) in [5.41, 5.74) is 19.1. The molecule has 0 bridgehead atoms. The van der Waals surface area contributed by atoms with Crippen molar-refractivity contribution in [1.29, 1.82) is 0 Å². The molecule has 0 saturated heterocycles. The molecule has 0 amide bonds. The van der Waals surface area contributed by atoms with Gasteiger partial charge in [0.25, 0.3) is 0 Å². The van der Waals surface area contributed by atoms with Crippen molar-refractivity contribution >= 4 is 11.4 Å². The number of anilines is 2. The molecule has 0 radical (unpaired) electrons. The summed E-state index contributed by atoms with van der Waals surface area (Å²) in [6, 6.07) is 5.88. The van der Waals surface area contributed by atoms with Crippen LogP contribution in [0.25, 0.3) is 0 Å². The van der Waals surface area contributed by atoms with Crippen LogP contribution >= 0.6 is 0 Å². The molecule has 41 heavy (non-hydrogen) atoms. The number of nitrogens with two attached hydrogens (primary N) is 2. The van der Waals surface area contributed by atoms with E-state index in [2.05, 4.69) is 67.5 Å². The lowest BCUT2D eigenvalue weighted by Crippen LogP contribution is -2.58. The predicted molar refractivity (Wildman–Crippen MR) is 176 cm³/mol. The van der Waals surface area contributed by atoms with Crippen molar-refractivity contribution in [2.24, 2.45) is 45.3 Å². The Labute approximate surface area is 252 Å². The molecule has 3 saturated carbocycles. The van der Waals surface area contributed by atoms with E-state index < -0.39 is 0 Å². The van der Waals surface area contributed by atoms with E-state index in [1.165, 1.54) is 62.5 Å². The topological polar surface area (TPSA) is 61.3 Å². The van der Waals surface area contributed by atoms with Crippen molar-refractivity contribution in [3.63, 3.8) is 0 Å². The van der Waals surface area contributed by atoms with E-state index in [0.717, 1.165) is 54.5 Å². The Balaban J connectivity index is 1.31. The van der Waals surface area contributed by atoms with Crippen LogP contribution in [0.4, 0.5) is 11.4 Å². The molecule has 1 aromatic carbocycles. The second-order valence-electron chi connectivity index (χ2n) is 16.2. The van der Waals surface area contributed by atoms with Crippen LogP contribution in [0, 0.1) is 45.3 Å². The zero-order chi connectivity index (χ0) is 29.8. The first-order valence-electron chi connectivity index (χ1n) is 16.8. The van der Waals surface area contributed by atoms with E-state index in [9.17, 15) is 0 Å². The van der Waals surface area contributed by atoms with Crippen LogP contribution in [0.1, 0.15) is 119 Å². The van der Waals surface area contributed by atoms with Crippen LogP contribution in [-0.4, -0.2) is 12.7 Å². The third kappa shape index (κ3) is 5.21.